The topological polar surface area (TPSA) is 60.8 Å². The highest BCUT2D eigenvalue weighted by molar-refractivity contribution is 5.80. The SMILES string of the molecule is CCC(O)C(CC)(C(=O)O)N1Cc2ccccc2C1. The lowest BCUT2D eigenvalue weighted by atomic mass is 9.86. The van der Waals surface area contributed by atoms with Gasteiger partial charge in [-0.15, -0.1) is 0 Å². The summed E-state index contributed by atoms with van der Waals surface area (Å²) in [5.41, 5.74) is 1.13. The van der Waals surface area contributed by atoms with E-state index < -0.39 is 17.6 Å². The summed E-state index contributed by atoms with van der Waals surface area (Å²) in [6.07, 6.45) is -0.0255. The number of benzene rings is 1. The van der Waals surface area contributed by atoms with Gasteiger partial charge in [0, 0.05) is 13.1 Å². The second kappa shape index (κ2) is 5.31. The number of carbonyl (C=O) groups is 1. The molecule has 1 aliphatic heterocycles. The fourth-order valence-corrected chi connectivity index (χ4v) is 3.05. The molecule has 0 bridgehead atoms. The summed E-state index contributed by atoms with van der Waals surface area (Å²) in [6, 6.07) is 7.98. The molecule has 104 valence electrons. The summed E-state index contributed by atoms with van der Waals surface area (Å²) in [5.74, 6) is -0.933. The van der Waals surface area contributed by atoms with Gasteiger partial charge in [-0.3, -0.25) is 9.69 Å². The van der Waals surface area contributed by atoms with Crippen molar-refractivity contribution in [2.24, 2.45) is 0 Å². The summed E-state index contributed by atoms with van der Waals surface area (Å²) in [5, 5.41) is 19.9. The first kappa shape index (κ1) is 14.0. The Balaban J connectivity index is 2.35. The fourth-order valence-electron chi connectivity index (χ4n) is 3.05. The van der Waals surface area contributed by atoms with Crippen LogP contribution >= 0.6 is 0 Å². The largest absolute Gasteiger partial charge is 0.480 e. The molecule has 0 aromatic heterocycles. The molecule has 0 saturated heterocycles. The van der Waals surface area contributed by atoms with Crippen molar-refractivity contribution in [3.05, 3.63) is 35.4 Å². The van der Waals surface area contributed by atoms with Gasteiger partial charge in [-0.05, 0) is 24.0 Å². The van der Waals surface area contributed by atoms with Crippen LogP contribution in [0.4, 0.5) is 0 Å². The van der Waals surface area contributed by atoms with Gasteiger partial charge in [0.15, 0.2) is 0 Å². The van der Waals surface area contributed by atoms with E-state index in [-0.39, 0.29) is 0 Å². The van der Waals surface area contributed by atoms with Crippen LogP contribution in [0.5, 0.6) is 0 Å². The molecule has 19 heavy (non-hydrogen) atoms. The highest BCUT2D eigenvalue weighted by Gasteiger charge is 2.49. The Morgan fingerprint density at radius 2 is 1.84 bits per heavy atom. The van der Waals surface area contributed by atoms with E-state index in [1.54, 1.807) is 0 Å². The number of carboxylic acids is 1. The Hall–Kier alpha value is -1.39. The Bertz CT molecular complexity index is 449. The monoisotopic (exact) mass is 263 g/mol. The number of nitrogens with zero attached hydrogens (tertiary/aromatic N) is 1. The lowest BCUT2D eigenvalue weighted by Crippen LogP contribution is -2.59. The minimum atomic E-state index is -1.19. The van der Waals surface area contributed by atoms with Gasteiger partial charge in [0.05, 0.1) is 6.10 Å². The van der Waals surface area contributed by atoms with Crippen LogP contribution in [-0.4, -0.2) is 32.7 Å². The average Bonchev–Trinajstić information content (AvgIpc) is 2.83. The number of hydrogen-bond donors (Lipinski definition) is 2. The minimum Gasteiger partial charge on any atom is -0.480 e. The second-order valence-electron chi connectivity index (χ2n) is 5.13. The van der Waals surface area contributed by atoms with Crippen LogP contribution in [0.25, 0.3) is 0 Å². The zero-order chi connectivity index (χ0) is 14.0. The second-order valence-corrected chi connectivity index (χ2v) is 5.13. The molecule has 1 aromatic rings. The lowest BCUT2D eigenvalue weighted by molar-refractivity contribution is -0.162. The van der Waals surface area contributed by atoms with Crippen LogP contribution in [0.2, 0.25) is 0 Å². The Labute approximate surface area is 113 Å². The van der Waals surface area contributed by atoms with Crippen molar-refractivity contribution < 1.29 is 15.0 Å². The highest BCUT2D eigenvalue weighted by Crippen LogP contribution is 2.35. The molecule has 2 N–H and O–H groups in total. The maximum atomic E-state index is 11.8. The molecule has 0 fully saturated rings. The van der Waals surface area contributed by atoms with Gasteiger partial charge >= 0.3 is 5.97 Å². The number of aliphatic hydroxyl groups is 1. The van der Waals surface area contributed by atoms with Crippen LogP contribution in [-0.2, 0) is 17.9 Å². The normalized spacial score (nSPS) is 19.7. The smallest absolute Gasteiger partial charge is 0.326 e. The summed E-state index contributed by atoms with van der Waals surface area (Å²) in [7, 11) is 0. The van der Waals surface area contributed by atoms with Crippen molar-refractivity contribution in [1.29, 1.82) is 0 Å². The fraction of sp³-hybridized carbons (Fsp3) is 0.533. The molecule has 2 atom stereocenters. The molecule has 0 spiro atoms. The lowest BCUT2D eigenvalue weighted by Gasteiger charge is -2.40. The Kier molecular flexibility index (Phi) is 3.92. The number of rotatable bonds is 5. The maximum Gasteiger partial charge on any atom is 0.326 e. The van der Waals surface area contributed by atoms with E-state index in [1.807, 2.05) is 43.0 Å². The molecule has 2 unspecified atom stereocenters. The van der Waals surface area contributed by atoms with Gasteiger partial charge in [0.2, 0.25) is 0 Å². The van der Waals surface area contributed by atoms with E-state index in [0.717, 1.165) is 11.1 Å². The van der Waals surface area contributed by atoms with Crippen molar-refractivity contribution >= 4 is 5.97 Å². The molecular formula is C15H21NO3. The van der Waals surface area contributed by atoms with E-state index in [0.29, 0.717) is 25.9 Å². The molecule has 1 heterocycles. The van der Waals surface area contributed by atoms with Crippen LogP contribution in [0.15, 0.2) is 24.3 Å². The van der Waals surface area contributed by atoms with E-state index in [9.17, 15) is 15.0 Å². The summed E-state index contributed by atoms with van der Waals surface area (Å²) in [6.45, 7) is 4.83. The molecule has 0 saturated carbocycles. The first-order chi connectivity index (χ1) is 9.06. The van der Waals surface area contributed by atoms with Crippen molar-refractivity contribution in [2.45, 2.75) is 51.4 Å². The predicted molar refractivity (Wildman–Crippen MR) is 72.6 cm³/mol. The number of fused-ring (bicyclic) bond motifs is 1. The highest BCUT2D eigenvalue weighted by atomic mass is 16.4. The van der Waals surface area contributed by atoms with Crippen LogP contribution in [0.3, 0.4) is 0 Å². The van der Waals surface area contributed by atoms with Crippen LogP contribution < -0.4 is 0 Å². The van der Waals surface area contributed by atoms with Crippen molar-refractivity contribution in [2.75, 3.05) is 0 Å². The van der Waals surface area contributed by atoms with E-state index >= 15 is 0 Å². The number of aliphatic carboxylic acids is 1. The molecule has 0 radical (unpaired) electrons. The summed E-state index contributed by atoms with van der Waals surface area (Å²) in [4.78, 5) is 13.7. The number of hydrogen-bond acceptors (Lipinski definition) is 3. The third kappa shape index (κ3) is 2.15. The van der Waals surface area contributed by atoms with E-state index in [1.165, 1.54) is 0 Å². The quantitative estimate of drug-likeness (QED) is 0.853. The predicted octanol–water partition coefficient (Wildman–Crippen LogP) is 2.01. The van der Waals surface area contributed by atoms with Crippen molar-refractivity contribution in [1.82, 2.24) is 4.90 Å². The van der Waals surface area contributed by atoms with Gasteiger partial charge in [0.1, 0.15) is 5.54 Å². The number of aliphatic hydroxyl groups excluding tert-OH is 1. The van der Waals surface area contributed by atoms with Crippen LogP contribution in [0.1, 0.15) is 37.8 Å². The van der Waals surface area contributed by atoms with Crippen molar-refractivity contribution in [3.63, 3.8) is 0 Å². The molecule has 0 amide bonds. The minimum absolute atomic E-state index is 0.394. The van der Waals surface area contributed by atoms with Crippen LogP contribution in [0, 0.1) is 0 Å². The van der Waals surface area contributed by atoms with Gasteiger partial charge in [-0.2, -0.15) is 0 Å². The number of carboxylic acid groups (broad SMARTS) is 1. The van der Waals surface area contributed by atoms with E-state index in [2.05, 4.69) is 0 Å². The standard InChI is InChI=1S/C15H21NO3/c1-3-13(17)15(4-2,14(18)19)16-9-11-7-5-6-8-12(11)10-16/h5-8,13,17H,3-4,9-10H2,1-2H3,(H,18,19). The molecule has 0 aliphatic carbocycles. The van der Waals surface area contributed by atoms with Gasteiger partial charge in [-0.1, -0.05) is 38.1 Å². The maximum absolute atomic E-state index is 11.8. The van der Waals surface area contributed by atoms with Gasteiger partial charge < -0.3 is 10.2 Å². The van der Waals surface area contributed by atoms with Gasteiger partial charge in [0.25, 0.3) is 0 Å². The Morgan fingerprint density at radius 1 is 1.32 bits per heavy atom. The molecule has 1 aliphatic rings. The molecule has 4 heteroatoms. The molecular weight excluding hydrogens is 242 g/mol. The first-order valence-electron chi connectivity index (χ1n) is 6.79. The summed E-state index contributed by atoms with van der Waals surface area (Å²) < 4.78 is 0. The molecule has 4 nitrogen and oxygen atoms in total. The third-order valence-corrected chi connectivity index (χ3v) is 4.25. The molecule has 2 rings (SSSR count). The third-order valence-electron chi connectivity index (χ3n) is 4.25. The zero-order valence-corrected chi connectivity index (χ0v) is 11.5. The average molecular weight is 263 g/mol. The first-order valence-corrected chi connectivity index (χ1v) is 6.79. The zero-order valence-electron chi connectivity index (χ0n) is 11.5. The van der Waals surface area contributed by atoms with Crippen molar-refractivity contribution in [3.8, 4) is 0 Å². The van der Waals surface area contributed by atoms with E-state index in [4.69, 9.17) is 0 Å². The van der Waals surface area contributed by atoms with Gasteiger partial charge in [-0.25, -0.2) is 0 Å². The Morgan fingerprint density at radius 3 is 2.21 bits per heavy atom. The summed E-state index contributed by atoms with van der Waals surface area (Å²) >= 11 is 0. The molecule has 1 aromatic carbocycles.